The second-order valence-electron chi connectivity index (χ2n) is 5.98. The first kappa shape index (κ1) is 17.5. The highest BCUT2D eigenvalue weighted by atomic mass is 16.2. The second-order valence-corrected chi connectivity index (χ2v) is 5.98. The van der Waals surface area contributed by atoms with Gasteiger partial charge in [-0.05, 0) is 41.3 Å². The van der Waals surface area contributed by atoms with Crippen LogP contribution in [0.15, 0.2) is 85.5 Å². The van der Waals surface area contributed by atoms with E-state index in [9.17, 15) is 4.79 Å². The Labute approximate surface area is 153 Å². The van der Waals surface area contributed by atoms with Crippen LogP contribution in [-0.4, -0.2) is 27.3 Å². The van der Waals surface area contributed by atoms with E-state index in [1.165, 1.54) is 5.56 Å². The van der Waals surface area contributed by atoms with Crippen LogP contribution < -0.4 is 0 Å². The van der Waals surface area contributed by atoms with Crippen molar-refractivity contribution in [2.75, 3.05) is 6.54 Å². The molecule has 4 nitrogen and oxygen atoms in total. The maximum Gasteiger partial charge on any atom is 0.246 e. The van der Waals surface area contributed by atoms with Crippen LogP contribution in [0.25, 0.3) is 6.08 Å². The Hall–Kier alpha value is -3.27. The zero-order valence-electron chi connectivity index (χ0n) is 14.5. The van der Waals surface area contributed by atoms with E-state index < -0.39 is 0 Å². The molecule has 3 rings (SSSR count). The van der Waals surface area contributed by atoms with Gasteiger partial charge in [0, 0.05) is 44.0 Å². The number of hydrogen-bond acceptors (Lipinski definition) is 3. The van der Waals surface area contributed by atoms with Gasteiger partial charge in [0.15, 0.2) is 0 Å². The van der Waals surface area contributed by atoms with E-state index in [-0.39, 0.29) is 5.91 Å². The monoisotopic (exact) mass is 343 g/mol. The molecule has 0 fully saturated rings. The summed E-state index contributed by atoms with van der Waals surface area (Å²) < 4.78 is 0. The van der Waals surface area contributed by atoms with Crippen molar-refractivity contribution in [1.82, 2.24) is 14.9 Å². The molecule has 130 valence electrons. The smallest absolute Gasteiger partial charge is 0.246 e. The van der Waals surface area contributed by atoms with Crippen LogP contribution in [0, 0.1) is 0 Å². The Morgan fingerprint density at radius 3 is 2.31 bits per heavy atom. The molecule has 26 heavy (non-hydrogen) atoms. The number of amides is 1. The lowest BCUT2D eigenvalue weighted by molar-refractivity contribution is -0.126. The van der Waals surface area contributed by atoms with Crippen molar-refractivity contribution in [3.63, 3.8) is 0 Å². The fourth-order valence-corrected chi connectivity index (χ4v) is 2.64. The van der Waals surface area contributed by atoms with Crippen molar-refractivity contribution in [3.05, 3.63) is 102 Å². The standard InChI is InChI=1S/C22H21N3O/c26-22(11-10-20-8-4-13-23-16-20)25(18-21-9-5-14-24-17-21)15-12-19-6-2-1-3-7-19/h1-11,13-14,16-17H,12,15,18H2/b11-10-. The van der Waals surface area contributed by atoms with Crippen molar-refractivity contribution in [3.8, 4) is 0 Å². The van der Waals surface area contributed by atoms with Crippen LogP contribution in [0.4, 0.5) is 0 Å². The number of pyridine rings is 2. The van der Waals surface area contributed by atoms with Gasteiger partial charge in [-0.1, -0.05) is 42.5 Å². The summed E-state index contributed by atoms with van der Waals surface area (Å²) in [4.78, 5) is 22.8. The van der Waals surface area contributed by atoms with Crippen molar-refractivity contribution >= 4 is 12.0 Å². The zero-order valence-corrected chi connectivity index (χ0v) is 14.5. The summed E-state index contributed by atoms with van der Waals surface area (Å²) in [5, 5.41) is 0. The summed E-state index contributed by atoms with van der Waals surface area (Å²) >= 11 is 0. The minimum atomic E-state index is -0.0198. The van der Waals surface area contributed by atoms with Crippen LogP contribution in [0.1, 0.15) is 16.7 Å². The summed E-state index contributed by atoms with van der Waals surface area (Å²) in [5.74, 6) is -0.0198. The molecular weight excluding hydrogens is 322 g/mol. The zero-order chi connectivity index (χ0) is 18.0. The Bertz CT molecular complexity index is 833. The van der Waals surface area contributed by atoms with Gasteiger partial charge in [0.25, 0.3) is 0 Å². The van der Waals surface area contributed by atoms with Crippen molar-refractivity contribution < 1.29 is 4.79 Å². The number of rotatable bonds is 7. The molecule has 0 radical (unpaired) electrons. The highest BCUT2D eigenvalue weighted by Crippen LogP contribution is 2.08. The molecule has 0 aliphatic heterocycles. The summed E-state index contributed by atoms with van der Waals surface area (Å²) in [7, 11) is 0. The molecule has 0 spiro atoms. The lowest BCUT2D eigenvalue weighted by atomic mass is 10.1. The number of carbonyl (C=O) groups is 1. The predicted molar refractivity (Wildman–Crippen MR) is 103 cm³/mol. The molecule has 2 heterocycles. The van der Waals surface area contributed by atoms with E-state index in [1.54, 1.807) is 36.9 Å². The SMILES string of the molecule is O=C(/C=C\c1cccnc1)N(CCc1ccccc1)Cc1cccnc1. The first-order valence-corrected chi connectivity index (χ1v) is 8.61. The normalized spacial score (nSPS) is 10.8. The molecule has 2 aromatic heterocycles. The molecule has 0 unspecified atom stereocenters. The minimum Gasteiger partial charge on any atom is -0.334 e. The molecule has 4 heteroatoms. The van der Waals surface area contributed by atoms with Crippen LogP contribution in [0.2, 0.25) is 0 Å². The molecule has 0 saturated carbocycles. The number of hydrogen-bond donors (Lipinski definition) is 0. The average molecular weight is 343 g/mol. The van der Waals surface area contributed by atoms with Gasteiger partial charge < -0.3 is 4.90 Å². The molecule has 0 aliphatic rings. The Morgan fingerprint density at radius 2 is 1.62 bits per heavy atom. The summed E-state index contributed by atoms with van der Waals surface area (Å²) in [6, 6.07) is 17.9. The second kappa shape index (κ2) is 9.28. The van der Waals surface area contributed by atoms with E-state index >= 15 is 0 Å². The van der Waals surface area contributed by atoms with Gasteiger partial charge in [-0.15, -0.1) is 0 Å². The fourth-order valence-electron chi connectivity index (χ4n) is 2.64. The Morgan fingerprint density at radius 1 is 0.885 bits per heavy atom. The van der Waals surface area contributed by atoms with Crippen LogP contribution in [0.3, 0.4) is 0 Å². The fraction of sp³-hybridized carbons (Fsp3) is 0.136. The third-order valence-corrected chi connectivity index (χ3v) is 4.02. The maximum atomic E-state index is 12.7. The highest BCUT2D eigenvalue weighted by molar-refractivity contribution is 5.91. The van der Waals surface area contributed by atoms with Gasteiger partial charge in [0.1, 0.15) is 0 Å². The van der Waals surface area contributed by atoms with Gasteiger partial charge in [-0.2, -0.15) is 0 Å². The lowest BCUT2D eigenvalue weighted by Crippen LogP contribution is -2.31. The molecule has 3 aromatic rings. The minimum absolute atomic E-state index is 0.0198. The van der Waals surface area contributed by atoms with E-state index in [0.717, 1.165) is 17.5 Å². The van der Waals surface area contributed by atoms with Gasteiger partial charge in [0.2, 0.25) is 5.91 Å². The van der Waals surface area contributed by atoms with Crippen LogP contribution >= 0.6 is 0 Å². The van der Waals surface area contributed by atoms with Crippen molar-refractivity contribution in [2.45, 2.75) is 13.0 Å². The maximum absolute atomic E-state index is 12.7. The molecule has 0 bridgehead atoms. The number of benzene rings is 1. The first-order chi connectivity index (χ1) is 12.8. The van der Waals surface area contributed by atoms with E-state index in [2.05, 4.69) is 22.1 Å². The van der Waals surface area contributed by atoms with Gasteiger partial charge in [-0.3, -0.25) is 14.8 Å². The Kier molecular flexibility index (Phi) is 6.26. The van der Waals surface area contributed by atoms with E-state index in [0.29, 0.717) is 13.1 Å². The molecule has 0 N–H and O–H groups in total. The van der Waals surface area contributed by atoms with Crippen LogP contribution in [-0.2, 0) is 17.8 Å². The van der Waals surface area contributed by atoms with Gasteiger partial charge in [-0.25, -0.2) is 0 Å². The number of nitrogens with zero attached hydrogens (tertiary/aromatic N) is 3. The summed E-state index contributed by atoms with van der Waals surface area (Å²) in [5.41, 5.74) is 3.14. The van der Waals surface area contributed by atoms with E-state index in [4.69, 9.17) is 0 Å². The van der Waals surface area contributed by atoms with Crippen molar-refractivity contribution in [1.29, 1.82) is 0 Å². The first-order valence-electron chi connectivity index (χ1n) is 8.61. The third kappa shape index (κ3) is 5.38. The number of carbonyl (C=O) groups excluding carboxylic acids is 1. The van der Waals surface area contributed by atoms with E-state index in [1.807, 2.05) is 47.4 Å². The quantitative estimate of drug-likeness (QED) is 0.614. The van der Waals surface area contributed by atoms with Gasteiger partial charge in [0.05, 0.1) is 0 Å². The molecule has 1 aromatic carbocycles. The third-order valence-electron chi connectivity index (χ3n) is 4.02. The van der Waals surface area contributed by atoms with Crippen LogP contribution in [0.5, 0.6) is 0 Å². The molecule has 0 aliphatic carbocycles. The largest absolute Gasteiger partial charge is 0.334 e. The molecular formula is C22H21N3O. The highest BCUT2D eigenvalue weighted by Gasteiger charge is 2.11. The molecule has 0 saturated heterocycles. The van der Waals surface area contributed by atoms with Crippen molar-refractivity contribution in [2.24, 2.45) is 0 Å². The summed E-state index contributed by atoms with van der Waals surface area (Å²) in [6.45, 7) is 1.19. The topological polar surface area (TPSA) is 46.1 Å². The summed E-state index contributed by atoms with van der Waals surface area (Å²) in [6.07, 6.45) is 11.2. The molecule has 0 atom stereocenters. The Balaban J connectivity index is 1.70. The average Bonchev–Trinajstić information content (AvgIpc) is 2.71. The predicted octanol–water partition coefficient (Wildman–Crippen LogP) is 3.76. The molecule has 1 amide bonds. The lowest BCUT2D eigenvalue weighted by Gasteiger charge is -2.21. The van der Waals surface area contributed by atoms with Gasteiger partial charge >= 0.3 is 0 Å². The number of aromatic nitrogens is 2.